The molecule has 0 atom stereocenters. The molecule has 1 N–H and O–H groups in total. The van der Waals surface area contributed by atoms with E-state index in [0.717, 1.165) is 5.56 Å². The maximum Gasteiger partial charge on any atom is 0.363 e. The maximum absolute atomic E-state index is 12.1. The van der Waals surface area contributed by atoms with Gasteiger partial charge in [0.2, 0.25) is 15.9 Å². The second-order valence-electron chi connectivity index (χ2n) is 5.69. The third-order valence-electron chi connectivity index (χ3n) is 3.27. The van der Waals surface area contributed by atoms with Crippen LogP contribution in [0.15, 0.2) is 56.7 Å². The van der Waals surface area contributed by atoms with E-state index in [1.807, 2.05) is 16.8 Å². The number of hydrogen-bond acceptors (Lipinski definition) is 6. The molecule has 0 fully saturated rings. The van der Waals surface area contributed by atoms with Gasteiger partial charge in [-0.1, -0.05) is 0 Å². The largest absolute Gasteiger partial charge is 0.402 e. The molecular formula is C17H16N2O4S2. The van der Waals surface area contributed by atoms with E-state index >= 15 is 0 Å². The van der Waals surface area contributed by atoms with Crippen molar-refractivity contribution < 1.29 is 17.9 Å². The molecule has 0 spiro atoms. The number of cyclic esters (lactones) is 1. The third kappa shape index (κ3) is 4.04. The molecular weight excluding hydrogens is 360 g/mol. The molecule has 1 aliphatic heterocycles. The lowest BCUT2D eigenvalue weighted by atomic mass is 10.2. The SMILES string of the molecule is CC(C)NS(=O)(=O)c1ccc(C2=N/C(=C\c3ccsc3)C(=O)O2)cc1. The summed E-state index contributed by atoms with van der Waals surface area (Å²) in [5, 5.41) is 3.80. The highest BCUT2D eigenvalue weighted by molar-refractivity contribution is 7.89. The van der Waals surface area contributed by atoms with E-state index in [4.69, 9.17) is 4.74 Å². The van der Waals surface area contributed by atoms with Crippen LogP contribution < -0.4 is 4.72 Å². The summed E-state index contributed by atoms with van der Waals surface area (Å²) < 4.78 is 31.9. The molecule has 2 aromatic rings. The number of nitrogens with one attached hydrogen (secondary N) is 1. The summed E-state index contributed by atoms with van der Waals surface area (Å²) in [6.45, 7) is 3.50. The maximum atomic E-state index is 12.1. The van der Waals surface area contributed by atoms with E-state index in [0.29, 0.717) is 5.56 Å². The molecule has 0 saturated carbocycles. The van der Waals surface area contributed by atoms with Crippen LogP contribution in [0.5, 0.6) is 0 Å². The van der Waals surface area contributed by atoms with Crippen LogP contribution in [-0.4, -0.2) is 26.3 Å². The van der Waals surface area contributed by atoms with Gasteiger partial charge in [-0.25, -0.2) is 22.9 Å². The number of sulfonamides is 1. The average Bonchev–Trinajstić information content (AvgIpc) is 3.17. The Bertz CT molecular complexity index is 941. The molecule has 0 aliphatic carbocycles. The van der Waals surface area contributed by atoms with Crippen molar-refractivity contribution in [2.45, 2.75) is 24.8 Å². The van der Waals surface area contributed by atoms with Crippen molar-refractivity contribution in [3.8, 4) is 0 Å². The molecule has 2 heterocycles. The zero-order valence-corrected chi connectivity index (χ0v) is 15.2. The van der Waals surface area contributed by atoms with Crippen molar-refractivity contribution in [1.29, 1.82) is 0 Å². The van der Waals surface area contributed by atoms with E-state index in [9.17, 15) is 13.2 Å². The Morgan fingerprint density at radius 1 is 1.20 bits per heavy atom. The number of carbonyl (C=O) groups excluding carboxylic acids is 1. The van der Waals surface area contributed by atoms with Gasteiger partial charge in [0.1, 0.15) is 0 Å². The van der Waals surface area contributed by atoms with Crippen molar-refractivity contribution in [2.75, 3.05) is 0 Å². The van der Waals surface area contributed by atoms with Gasteiger partial charge in [0, 0.05) is 11.6 Å². The highest BCUT2D eigenvalue weighted by Gasteiger charge is 2.24. The Hall–Kier alpha value is -2.29. The first-order chi connectivity index (χ1) is 11.8. The molecule has 25 heavy (non-hydrogen) atoms. The minimum atomic E-state index is -3.56. The second-order valence-corrected chi connectivity index (χ2v) is 8.19. The molecule has 1 aromatic carbocycles. The van der Waals surface area contributed by atoms with Crippen molar-refractivity contribution >= 4 is 39.3 Å². The molecule has 130 valence electrons. The zero-order valence-electron chi connectivity index (χ0n) is 13.6. The van der Waals surface area contributed by atoms with Crippen molar-refractivity contribution in [3.63, 3.8) is 0 Å². The second kappa shape index (κ2) is 6.91. The topological polar surface area (TPSA) is 84.8 Å². The van der Waals surface area contributed by atoms with Gasteiger partial charge in [-0.15, -0.1) is 0 Å². The van der Waals surface area contributed by atoms with Gasteiger partial charge in [0.15, 0.2) is 5.70 Å². The molecule has 6 nitrogen and oxygen atoms in total. The molecule has 0 amide bonds. The predicted molar refractivity (Wildman–Crippen MR) is 96.8 cm³/mol. The fourth-order valence-corrected chi connectivity index (χ4v) is 4.07. The Labute approximate surface area is 149 Å². The number of carbonyl (C=O) groups is 1. The summed E-state index contributed by atoms with van der Waals surface area (Å²) in [7, 11) is -3.56. The van der Waals surface area contributed by atoms with Crippen LogP contribution in [0.2, 0.25) is 0 Å². The number of hydrogen-bond donors (Lipinski definition) is 1. The monoisotopic (exact) mass is 376 g/mol. The number of esters is 1. The number of rotatable bonds is 5. The van der Waals surface area contributed by atoms with Crippen molar-refractivity contribution in [1.82, 2.24) is 4.72 Å². The summed E-state index contributed by atoms with van der Waals surface area (Å²) in [6, 6.07) is 7.71. The fourth-order valence-electron chi connectivity index (χ4n) is 2.20. The molecule has 8 heteroatoms. The van der Waals surface area contributed by atoms with E-state index in [2.05, 4.69) is 9.71 Å². The van der Waals surface area contributed by atoms with E-state index < -0.39 is 16.0 Å². The zero-order chi connectivity index (χ0) is 18.0. The molecule has 3 rings (SSSR count). The standard InChI is InChI=1S/C17H16N2O4S2/c1-11(2)19-25(21,22)14-5-3-13(4-6-14)16-18-15(17(20)23-16)9-12-7-8-24-10-12/h3-11,19H,1-2H3/b15-9-. The minimum Gasteiger partial charge on any atom is -0.402 e. The molecule has 1 aliphatic rings. The number of benzene rings is 1. The first-order valence-corrected chi connectivity index (χ1v) is 9.95. The van der Waals surface area contributed by atoms with Crippen LogP contribution in [0.3, 0.4) is 0 Å². The van der Waals surface area contributed by atoms with Crippen molar-refractivity contribution in [3.05, 3.63) is 57.9 Å². The summed E-state index contributed by atoms with van der Waals surface area (Å²) in [6.07, 6.45) is 1.65. The van der Waals surface area contributed by atoms with Crippen LogP contribution in [0.25, 0.3) is 6.08 Å². The summed E-state index contributed by atoms with van der Waals surface area (Å²) in [4.78, 5) is 16.3. The molecule has 0 unspecified atom stereocenters. The summed E-state index contributed by atoms with van der Waals surface area (Å²) >= 11 is 1.52. The van der Waals surface area contributed by atoms with Crippen LogP contribution in [0.1, 0.15) is 25.0 Å². The Morgan fingerprint density at radius 3 is 2.52 bits per heavy atom. The highest BCUT2D eigenvalue weighted by Crippen LogP contribution is 2.21. The Morgan fingerprint density at radius 2 is 1.92 bits per heavy atom. The average molecular weight is 376 g/mol. The van der Waals surface area contributed by atoms with Crippen LogP contribution in [-0.2, 0) is 19.6 Å². The summed E-state index contributed by atoms with van der Waals surface area (Å²) in [5.74, 6) is -0.369. The normalized spacial score (nSPS) is 16.4. The number of ether oxygens (including phenoxy) is 1. The van der Waals surface area contributed by atoms with E-state index in [1.165, 1.54) is 23.5 Å². The third-order valence-corrected chi connectivity index (χ3v) is 5.65. The molecule has 0 radical (unpaired) electrons. The lowest BCUT2D eigenvalue weighted by Crippen LogP contribution is -2.30. The van der Waals surface area contributed by atoms with Gasteiger partial charge < -0.3 is 4.74 Å². The number of aliphatic imine (C=N–C) groups is 1. The van der Waals surface area contributed by atoms with Crippen LogP contribution >= 0.6 is 11.3 Å². The van der Waals surface area contributed by atoms with Gasteiger partial charge >= 0.3 is 5.97 Å². The number of thiophene rings is 1. The first kappa shape index (κ1) is 17.5. The van der Waals surface area contributed by atoms with Gasteiger partial charge in [-0.2, -0.15) is 11.3 Å². The van der Waals surface area contributed by atoms with E-state index in [-0.39, 0.29) is 22.5 Å². The lowest BCUT2D eigenvalue weighted by molar-refractivity contribution is -0.129. The van der Waals surface area contributed by atoms with Gasteiger partial charge in [-0.05, 0) is 66.6 Å². The highest BCUT2D eigenvalue weighted by atomic mass is 32.2. The van der Waals surface area contributed by atoms with Crippen LogP contribution in [0.4, 0.5) is 0 Å². The predicted octanol–water partition coefficient (Wildman–Crippen LogP) is 2.78. The van der Waals surface area contributed by atoms with E-state index in [1.54, 1.807) is 32.1 Å². The Balaban J connectivity index is 1.85. The fraction of sp³-hybridized carbons (Fsp3) is 0.176. The van der Waals surface area contributed by atoms with Gasteiger partial charge in [0.25, 0.3) is 0 Å². The van der Waals surface area contributed by atoms with Gasteiger partial charge in [0.05, 0.1) is 4.90 Å². The van der Waals surface area contributed by atoms with Gasteiger partial charge in [-0.3, -0.25) is 0 Å². The molecule has 0 bridgehead atoms. The summed E-state index contributed by atoms with van der Waals surface area (Å²) in [5.41, 5.74) is 1.63. The van der Waals surface area contributed by atoms with Crippen LogP contribution in [0, 0.1) is 0 Å². The smallest absolute Gasteiger partial charge is 0.363 e. The molecule has 1 aromatic heterocycles. The molecule has 0 saturated heterocycles. The first-order valence-electron chi connectivity index (χ1n) is 7.53. The lowest BCUT2D eigenvalue weighted by Gasteiger charge is -2.09. The number of nitrogens with zero attached hydrogens (tertiary/aromatic N) is 1. The Kier molecular flexibility index (Phi) is 4.85. The van der Waals surface area contributed by atoms with Crippen molar-refractivity contribution in [2.24, 2.45) is 4.99 Å². The minimum absolute atomic E-state index is 0.143. The quantitative estimate of drug-likeness (QED) is 0.642.